The van der Waals surface area contributed by atoms with Gasteiger partial charge in [-0.15, -0.1) is 0 Å². The molecule has 0 saturated heterocycles. The van der Waals surface area contributed by atoms with Gasteiger partial charge in [-0.2, -0.15) is 17.5 Å². The summed E-state index contributed by atoms with van der Waals surface area (Å²) in [6, 6.07) is 5.36. The maximum absolute atomic E-state index is 3.25. The zero-order chi connectivity index (χ0) is 8.77. The van der Waals surface area contributed by atoms with E-state index in [9.17, 15) is 0 Å². The number of rotatable bonds is 0. The van der Waals surface area contributed by atoms with E-state index in [-0.39, 0.29) is 38.2 Å². The van der Waals surface area contributed by atoms with Gasteiger partial charge in [0.05, 0.1) is 0 Å². The SMILES string of the molecule is CC(C)(C)n1c[c-]c2ccsc21.[Y]. The third kappa shape index (κ3) is 2.06. The molecule has 2 aromatic heterocycles. The molecule has 0 aliphatic heterocycles. The molecule has 0 spiro atoms. The Morgan fingerprint density at radius 2 is 2.08 bits per heavy atom. The minimum atomic E-state index is 0. The summed E-state index contributed by atoms with van der Waals surface area (Å²) in [7, 11) is 0. The standard InChI is InChI=1S/C10H12NS.Y/c1-10(2,3)11-6-4-8-5-7-12-9(8)11;/h5-7H,1-3H3;/q-1;. The molecule has 0 aliphatic rings. The quantitative estimate of drug-likeness (QED) is 0.646. The summed E-state index contributed by atoms with van der Waals surface area (Å²) in [6.07, 6.45) is 2.04. The van der Waals surface area contributed by atoms with Crippen molar-refractivity contribution in [3.63, 3.8) is 0 Å². The van der Waals surface area contributed by atoms with Crippen molar-refractivity contribution in [1.29, 1.82) is 0 Å². The molecule has 0 fully saturated rings. The Hall–Kier alpha value is 0.344. The topological polar surface area (TPSA) is 4.93 Å². The molecule has 0 aromatic carbocycles. The molecule has 2 aromatic rings. The number of fused-ring (bicyclic) bond motifs is 1. The van der Waals surface area contributed by atoms with E-state index in [2.05, 4.69) is 42.9 Å². The van der Waals surface area contributed by atoms with Gasteiger partial charge in [-0.05, 0) is 25.6 Å². The van der Waals surface area contributed by atoms with Gasteiger partial charge in [0.15, 0.2) is 0 Å². The number of aromatic nitrogens is 1. The number of nitrogens with zero attached hydrogens (tertiary/aromatic N) is 1. The predicted octanol–water partition coefficient (Wildman–Crippen LogP) is 3.26. The maximum atomic E-state index is 3.25. The fourth-order valence-electron chi connectivity index (χ4n) is 1.29. The van der Waals surface area contributed by atoms with Crippen LogP contribution in [0.3, 0.4) is 0 Å². The van der Waals surface area contributed by atoms with Crippen LogP contribution >= 0.6 is 11.3 Å². The van der Waals surface area contributed by atoms with Crippen LogP contribution in [0.5, 0.6) is 0 Å². The third-order valence-electron chi connectivity index (χ3n) is 1.94. The summed E-state index contributed by atoms with van der Waals surface area (Å²) in [5, 5.41) is 3.35. The van der Waals surface area contributed by atoms with Crippen molar-refractivity contribution < 1.29 is 32.7 Å². The Kier molecular flexibility index (Phi) is 3.37. The molecule has 0 saturated carbocycles. The van der Waals surface area contributed by atoms with Crippen molar-refractivity contribution in [2.24, 2.45) is 0 Å². The van der Waals surface area contributed by atoms with Crippen molar-refractivity contribution in [2.75, 3.05) is 0 Å². The van der Waals surface area contributed by atoms with Crippen LogP contribution in [0.1, 0.15) is 20.8 Å². The number of hydrogen-bond acceptors (Lipinski definition) is 1. The van der Waals surface area contributed by atoms with E-state index in [1.807, 2.05) is 6.20 Å². The van der Waals surface area contributed by atoms with E-state index in [1.165, 1.54) is 10.2 Å². The average Bonchev–Trinajstić information content (AvgIpc) is 2.37. The molecule has 0 bridgehead atoms. The molecule has 0 amide bonds. The molecule has 0 N–H and O–H groups in total. The molecule has 67 valence electrons. The van der Waals surface area contributed by atoms with Gasteiger partial charge in [0, 0.05) is 38.2 Å². The normalized spacial score (nSPS) is 11.6. The van der Waals surface area contributed by atoms with Crippen LogP contribution in [-0.4, -0.2) is 4.57 Å². The van der Waals surface area contributed by atoms with E-state index in [4.69, 9.17) is 0 Å². The van der Waals surface area contributed by atoms with Crippen molar-refractivity contribution >= 4 is 21.6 Å². The van der Waals surface area contributed by atoms with Gasteiger partial charge in [0.2, 0.25) is 0 Å². The summed E-state index contributed by atoms with van der Waals surface area (Å²) in [4.78, 5) is 1.32. The van der Waals surface area contributed by atoms with E-state index < -0.39 is 0 Å². The van der Waals surface area contributed by atoms with Crippen molar-refractivity contribution in [3.05, 3.63) is 23.7 Å². The van der Waals surface area contributed by atoms with Crippen LogP contribution in [0.2, 0.25) is 0 Å². The summed E-state index contributed by atoms with van der Waals surface area (Å²) in [6.45, 7) is 6.62. The van der Waals surface area contributed by atoms with Crippen molar-refractivity contribution in [2.45, 2.75) is 26.3 Å². The van der Waals surface area contributed by atoms with Crippen LogP contribution in [-0.2, 0) is 38.2 Å². The van der Waals surface area contributed by atoms with Crippen LogP contribution in [0.15, 0.2) is 17.6 Å². The maximum Gasteiger partial charge on any atom is 0.0242 e. The largest absolute Gasteiger partial charge is 0.398 e. The van der Waals surface area contributed by atoms with E-state index >= 15 is 0 Å². The van der Waals surface area contributed by atoms with Gasteiger partial charge in [-0.3, -0.25) is 0 Å². The van der Waals surface area contributed by atoms with Gasteiger partial charge in [0.1, 0.15) is 0 Å². The second-order valence-corrected chi connectivity index (χ2v) is 4.85. The molecule has 3 heteroatoms. The van der Waals surface area contributed by atoms with Gasteiger partial charge in [-0.1, -0.05) is 11.6 Å². The first kappa shape index (κ1) is 11.4. The Balaban J connectivity index is 0.000000845. The Morgan fingerprint density at radius 1 is 1.38 bits per heavy atom. The monoisotopic (exact) mass is 267 g/mol. The fraction of sp³-hybridized carbons (Fsp3) is 0.400. The van der Waals surface area contributed by atoms with Gasteiger partial charge in [0.25, 0.3) is 0 Å². The molecular weight excluding hydrogens is 255 g/mol. The molecule has 1 nitrogen and oxygen atoms in total. The van der Waals surface area contributed by atoms with Gasteiger partial charge >= 0.3 is 0 Å². The Bertz CT molecular complexity index is 394. The Morgan fingerprint density at radius 3 is 2.69 bits per heavy atom. The van der Waals surface area contributed by atoms with Gasteiger partial charge < -0.3 is 4.57 Å². The molecule has 0 aliphatic carbocycles. The van der Waals surface area contributed by atoms with Crippen molar-refractivity contribution in [3.8, 4) is 0 Å². The van der Waals surface area contributed by atoms with Gasteiger partial charge in [-0.25, -0.2) is 11.3 Å². The van der Waals surface area contributed by atoms with E-state index in [0.717, 1.165) is 0 Å². The summed E-state index contributed by atoms with van der Waals surface area (Å²) >= 11 is 1.78. The number of hydrogen-bond donors (Lipinski definition) is 0. The van der Waals surface area contributed by atoms with Crippen LogP contribution in [0.25, 0.3) is 10.2 Å². The summed E-state index contributed by atoms with van der Waals surface area (Å²) in [5.74, 6) is 0. The van der Waals surface area contributed by atoms with Crippen LogP contribution in [0, 0.1) is 6.07 Å². The molecule has 0 atom stereocenters. The molecule has 0 unspecified atom stereocenters. The predicted molar refractivity (Wildman–Crippen MR) is 53.6 cm³/mol. The molecular formula is C10H12NSY-. The smallest absolute Gasteiger partial charge is 0.0242 e. The van der Waals surface area contributed by atoms with Crippen LogP contribution in [0.4, 0.5) is 0 Å². The first-order chi connectivity index (χ1) is 5.59. The zero-order valence-corrected chi connectivity index (χ0v) is 11.8. The summed E-state index contributed by atoms with van der Waals surface area (Å²) in [5.41, 5.74) is 0.170. The van der Waals surface area contributed by atoms with Crippen molar-refractivity contribution in [1.82, 2.24) is 4.57 Å². The molecule has 2 rings (SSSR count). The van der Waals surface area contributed by atoms with Crippen LogP contribution < -0.4 is 0 Å². The second-order valence-electron chi connectivity index (χ2n) is 3.95. The molecule has 1 radical (unpaired) electrons. The second kappa shape index (κ2) is 3.84. The Labute approximate surface area is 108 Å². The zero-order valence-electron chi connectivity index (χ0n) is 8.16. The first-order valence-electron chi connectivity index (χ1n) is 4.06. The number of thiophene rings is 1. The third-order valence-corrected chi connectivity index (χ3v) is 2.85. The molecule has 2 heterocycles. The minimum Gasteiger partial charge on any atom is -0.398 e. The fourth-order valence-corrected chi connectivity index (χ4v) is 2.32. The van der Waals surface area contributed by atoms with E-state index in [0.29, 0.717) is 0 Å². The first-order valence-corrected chi connectivity index (χ1v) is 4.94. The summed E-state index contributed by atoms with van der Waals surface area (Å²) < 4.78 is 2.27. The van der Waals surface area contributed by atoms with E-state index in [1.54, 1.807) is 11.3 Å². The average molecular weight is 267 g/mol. The minimum absolute atomic E-state index is 0. The molecule has 13 heavy (non-hydrogen) atoms.